The van der Waals surface area contributed by atoms with Crippen molar-refractivity contribution in [3.05, 3.63) is 89.0 Å². The first-order chi connectivity index (χ1) is 17.8. The van der Waals surface area contributed by atoms with E-state index in [0.29, 0.717) is 17.1 Å². The van der Waals surface area contributed by atoms with Crippen LogP contribution >= 0.6 is 0 Å². The minimum atomic E-state index is -1.10. The molecule has 3 aromatic rings. The number of hydrogen-bond donors (Lipinski definition) is 2. The van der Waals surface area contributed by atoms with E-state index in [-0.39, 0.29) is 34.7 Å². The highest BCUT2D eigenvalue weighted by molar-refractivity contribution is 6.51. The Morgan fingerprint density at radius 3 is 2.32 bits per heavy atom. The van der Waals surface area contributed by atoms with Crippen LogP contribution < -0.4 is 14.4 Å². The molecule has 4 rings (SSSR count). The summed E-state index contributed by atoms with van der Waals surface area (Å²) in [6.45, 7) is 1.85. The zero-order valence-electron chi connectivity index (χ0n) is 20.4. The normalized spacial score (nSPS) is 16.5. The van der Waals surface area contributed by atoms with Gasteiger partial charge in [0.2, 0.25) is 0 Å². The fourth-order valence-corrected chi connectivity index (χ4v) is 4.25. The summed E-state index contributed by atoms with van der Waals surface area (Å²) < 4.78 is 15.6. The van der Waals surface area contributed by atoms with Crippen molar-refractivity contribution in [1.29, 1.82) is 0 Å². The first-order valence-electron chi connectivity index (χ1n) is 11.4. The predicted octanol–water partition coefficient (Wildman–Crippen LogP) is 4.21. The quantitative estimate of drug-likeness (QED) is 0.213. The van der Waals surface area contributed by atoms with E-state index in [4.69, 9.17) is 14.2 Å². The number of hydrogen-bond acceptors (Lipinski definition) is 8. The molecule has 1 unspecified atom stereocenters. The second kappa shape index (κ2) is 10.4. The number of aliphatic hydroxyl groups is 1. The molecule has 0 bridgehead atoms. The van der Waals surface area contributed by atoms with Gasteiger partial charge in [-0.2, -0.15) is 0 Å². The molecule has 3 aromatic carbocycles. The van der Waals surface area contributed by atoms with Crippen molar-refractivity contribution in [3.63, 3.8) is 0 Å². The second-order valence-electron chi connectivity index (χ2n) is 8.10. The Morgan fingerprint density at radius 2 is 1.65 bits per heavy atom. The van der Waals surface area contributed by atoms with E-state index in [9.17, 15) is 24.6 Å². The number of phenolic OH excluding ortho intramolecular Hbond substituents is 1. The summed E-state index contributed by atoms with van der Waals surface area (Å²) in [6.07, 6.45) is 0. The van der Waals surface area contributed by atoms with Crippen LogP contribution in [0.2, 0.25) is 0 Å². The number of Topliss-reactive ketones (excluding diaryl/α,β-unsaturated/α-hetero) is 1. The lowest BCUT2D eigenvalue weighted by molar-refractivity contribution is -0.132. The highest BCUT2D eigenvalue weighted by Gasteiger charge is 2.47. The molecule has 2 N–H and O–H groups in total. The molecule has 9 heteroatoms. The van der Waals surface area contributed by atoms with Crippen molar-refractivity contribution in [1.82, 2.24) is 0 Å². The largest absolute Gasteiger partial charge is 0.508 e. The summed E-state index contributed by atoms with van der Waals surface area (Å²) in [5.41, 5.74) is 0.844. The summed E-state index contributed by atoms with van der Waals surface area (Å²) in [4.78, 5) is 40.2. The van der Waals surface area contributed by atoms with Gasteiger partial charge in [0.05, 0.1) is 38.0 Å². The van der Waals surface area contributed by atoms with Gasteiger partial charge < -0.3 is 24.4 Å². The number of ether oxygens (including phenoxy) is 3. The topological polar surface area (TPSA) is 123 Å². The standard InChI is InChI=1S/C28H25NO8/c1-4-37-28(34)18-8-5-9-19(13-18)29-24(16-7-6-10-20(30)14-16)23(26(32)27(29)33)25(31)17-11-12-21(35-2)22(15-17)36-3/h5-15,24,30-31H,4H2,1-3H3/b25-23+. The number of rotatable bonds is 7. The number of aliphatic hydroxyl groups excluding tert-OH is 1. The van der Waals surface area contributed by atoms with Gasteiger partial charge in [0, 0.05) is 11.3 Å². The molecule has 1 aliphatic heterocycles. The van der Waals surface area contributed by atoms with Crippen LogP contribution in [-0.2, 0) is 14.3 Å². The van der Waals surface area contributed by atoms with E-state index in [1.165, 1.54) is 55.5 Å². The van der Waals surface area contributed by atoms with Crippen molar-refractivity contribution in [2.75, 3.05) is 25.7 Å². The SMILES string of the molecule is CCOC(=O)c1cccc(N2C(=O)C(=O)/C(=C(/O)c3ccc(OC)c(OC)c3)C2c2cccc(O)c2)c1. The number of benzene rings is 3. The molecule has 1 aliphatic rings. The Morgan fingerprint density at radius 1 is 0.919 bits per heavy atom. The summed E-state index contributed by atoms with van der Waals surface area (Å²) in [7, 11) is 2.90. The van der Waals surface area contributed by atoms with Crippen LogP contribution in [0.25, 0.3) is 5.76 Å². The number of anilines is 1. The van der Waals surface area contributed by atoms with Crippen LogP contribution in [0, 0.1) is 0 Å². The average molecular weight is 504 g/mol. The van der Waals surface area contributed by atoms with Crippen molar-refractivity contribution in [2.45, 2.75) is 13.0 Å². The van der Waals surface area contributed by atoms with E-state index in [1.807, 2.05) is 0 Å². The van der Waals surface area contributed by atoms with Gasteiger partial charge in [0.15, 0.2) is 11.5 Å². The molecule has 190 valence electrons. The van der Waals surface area contributed by atoms with Gasteiger partial charge in [-0.05, 0) is 61.0 Å². The first kappa shape index (κ1) is 25.3. The fourth-order valence-electron chi connectivity index (χ4n) is 4.25. The van der Waals surface area contributed by atoms with Gasteiger partial charge in [-0.3, -0.25) is 14.5 Å². The number of aromatic hydroxyl groups is 1. The van der Waals surface area contributed by atoms with E-state index in [2.05, 4.69) is 0 Å². The number of esters is 1. The molecule has 1 fully saturated rings. The molecule has 0 spiro atoms. The van der Waals surface area contributed by atoms with Crippen molar-refractivity contribution in [2.24, 2.45) is 0 Å². The van der Waals surface area contributed by atoms with Crippen molar-refractivity contribution < 1.29 is 38.8 Å². The minimum Gasteiger partial charge on any atom is -0.508 e. The number of carbonyl (C=O) groups is 3. The van der Waals surface area contributed by atoms with Crippen LogP contribution in [0.3, 0.4) is 0 Å². The number of methoxy groups -OCH3 is 2. The third-order valence-electron chi connectivity index (χ3n) is 5.92. The number of carbonyl (C=O) groups excluding carboxylic acids is 3. The molecule has 1 amide bonds. The molecule has 0 aliphatic carbocycles. The lowest BCUT2D eigenvalue weighted by Crippen LogP contribution is -2.29. The maximum Gasteiger partial charge on any atom is 0.338 e. The third kappa shape index (κ3) is 4.71. The molecule has 1 heterocycles. The molecular formula is C28H25NO8. The van der Waals surface area contributed by atoms with Crippen LogP contribution in [0.15, 0.2) is 72.3 Å². The Bertz CT molecular complexity index is 1410. The Labute approximate surface area is 213 Å². The Balaban J connectivity index is 1.92. The predicted molar refractivity (Wildman–Crippen MR) is 135 cm³/mol. The maximum atomic E-state index is 13.4. The molecule has 1 saturated heterocycles. The van der Waals surface area contributed by atoms with Crippen LogP contribution in [-0.4, -0.2) is 48.7 Å². The molecule has 0 saturated carbocycles. The van der Waals surface area contributed by atoms with Gasteiger partial charge in [-0.25, -0.2) is 4.79 Å². The lowest BCUT2D eigenvalue weighted by Gasteiger charge is -2.26. The van der Waals surface area contributed by atoms with Gasteiger partial charge in [-0.1, -0.05) is 18.2 Å². The van der Waals surface area contributed by atoms with Crippen LogP contribution in [0.4, 0.5) is 5.69 Å². The van der Waals surface area contributed by atoms with Gasteiger partial charge in [-0.15, -0.1) is 0 Å². The van der Waals surface area contributed by atoms with Crippen molar-refractivity contribution >= 4 is 29.1 Å². The molecule has 0 aromatic heterocycles. The summed E-state index contributed by atoms with van der Waals surface area (Å²) in [6, 6.07) is 15.6. The molecule has 9 nitrogen and oxygen atoms in total. The summed E-state index contributed by atoms with van der Waals surface area (Å²) >= 11 is 0. The van der Waals surface area contributed by atoms with E-state index in [1.54, 1.807) is 37.3 Å². The smallest absolute Gasteiger partial charge is 0.338 e. The highest BCUT2D eigenvalue weighted by Crippen LogP contribution is 2.43. The van der Waals surface area contributed by atoms with Gasteiger partial charge in [0.1, 0.15) is 11.5 Å². The Kier molecular flexibility index (Phi) is 7.15. The number of nitrogens with zero attached hydrogens (tertiary/aromatic N) is 1. The van der Waals surface area contributed by atoms with Crippen molar-refractivity contribution in [3.8, 4) is 17.2 Å². The fraction of sp³-hybridized carbons (Fsp3) is 0.179. The zero-order valence-corrected chi connectivity index (χ0v) is 20.4. The van der Waals surface area contributed by atoms with E-state index >= 15 is 0 Å². The average Bonchev–Trinajstić information content (AvgIpc) is 3.18. The number of phenols is 1. The molecule has 37 heavy (non-hydrogen) atoms. The Hall–Kier alpha value is -4.79. The van der Waals surface area contributed by atoms with Crippen LogP contribution in [0.1, 0.15) is 34.5 Å². The molecule has 0 radical (unpaired) electrons. The minimum absolute atomic E-state index is 0.0884. The number of amides is 1. The summed E-state index contributed by atoms with van der Waals surface area (Å²) in [5.74, 6) is -2.21. The maximum absolute atomic E-state index is 13.4. The van der Waals surface area contributed by atoms with Gasteiger partial charge in [0.25, 0.3) is 11.7 Å². The number of ketones is 1. The van der Waals surface area contributed by atoms with E-state index in [0.717, 1.165) is 0 Å². The van der Waals surface area contributed by atoms with Crippen LogP contribution in [0.5, 0.6) is 17.2 Å². The summed E-state index contributed by atoms with van der Waals surface area (Å²) in [5, 5.41) is 21.5. The molecule has 1 atom stereocenters. The van der Waals surface area contributed by atoms with Gasteiger partial charge >= 0.3 is 5.97 Å². The third-order valence-corrected chi connectivity index (χ3v) is 5.92. The molecular weight excluding hydrogens is 478 g/mol. The second-order valence-corrected chi connectivity index (χ2v) is 8.10. The highest BCUT2D eigenvalue weighted by atomic mass is 16.5. The monoisotopic (exact) mass is 503 g/mol. The zero-order chi connectivity index (χ0) is 26.7. The lowest BCUT2D eigenvalue weighted by atomic mass is 9.94. The van der Waals surface area contributed by atoms with E-state index < -0.39 is 29.5 Å². The first-order valence-corrected chi connectivity index (χ1v) is 11.4.